The van der Waals surface area contributed by atoms with Crippen LogP contribution in [0.3, 0.4) is 0 Å². The molecule has 20 heavy (non-hydrogen) atoms. The molecule has 1 amide bonds. The second-order valence-corrected chi connectivity index (χ2v) is 4.92. The fourth-order valence-electron chi connectivity index (χ4n) is 2.10. The largest absolute Gasteiger partial charge is 0.386 e. The van der Waals surface area contributed by atoms with Crippen molar-refractivity contribution in [2.24, 2.45) is 0 Å². The minimum absolute atomic E-state index is 0.0368. The van der Waals surface area contributed by atoms with Gasteiger partial charge in [0.2, 0.25) is 5.91 Å². The van der Waals surface area contributed by atoms with Crippen LogP contribution in [0.5, 0.6) is 0 Å². The van der Waals surface area contributed by atoms with Crippen LogP contribution in [0.4, 0.5) is 5.69 Å². The summed E-state index contributed by atoms with van der Waals surface area (Å²) in [7, 11) is 0. The smallest absolute Gasteiger partial charge is 0.276 e. The second kappa shape index (κ2) is 5.42. The minimum Gasteiger partial charge on any atom is -0.386 e. The molecule has 6 nitrogen and oxygen atoms in total. The Hall–Kier alpha value is -2.21. The molecule has 1 aliphatic heterocycles. The van der Waals surface area contributed by atoms with Crippen molar-refractivity contribution in [3.05, 3.63) is 46.0 Å². The lowest BCUT2D eigenvalue weighted by Crippen LogP contribution is -2.62. The number of hydrogen-bond acceptors (Lipinski definition) is 4. The van der Waals surface area contributed by atoms with E-state index < -0.39 is 10.5 Å². The second-order valence-electron chi connectivity index (χ2n) is 4.92. The van der Waals surface area contributed by atoms with Crippen LogP contribution in [0.15, 0.2) is 30.3 Å². The SMILES string of the molecule is CCC1(O)CN(C(=O)C=Cc2ccccc2[N+](=O)[O-])C1. The summed E-state index contributed by atoms with van der Waals surface area (Å²) in [4.78, 5) is 23.7. The van der Waals surface area contributed by atoms with Gasteiger partial charge in [-0.15, -0.1) is 0 Å². The van der Waals surface area contributed by atoms with E-state index in [0.717, 1.165) is 0 Å². The zero-order valence-electron chi connectivity index (χ0n) is 11.2. The van der Waals surface area contributed by atoms with Gasteiger partial charge in [0.25, 0.3) is 5.69 Å². The van der Waals surface area contributed by atoms with Crippen molar-refractivity contribution in [1.82, 2.24) is 4.90 Å². The normalized spacial score (nSPS) is 17.0. The number of nitro benzene ring substituents is 1. The molecule has 0 spiro atoms. The molecule has 1 heterocycles. The molecule has 1 aromatic carbocycles. The number of rotatable bonds is 4. The maximum atomic E-state index is 11.8. The molecular formula is C14H16N2O4. The first-order valence-electron chi connectivity index (χ1n) is 6.38. The third-order valence-electron chi connectivity index (χ3n) is 3.48. The van der Waals surface area contributed by atoms with E-state index in [0.29, 0.717) is 25.1 Å². The highest BCUT2D eigenvalue weighted by atomic mass is 16.6. The summed E-state index contributed by atoms with van der Waals surface area (Å²) in [6.07, 6.45) is 3.34. The Labute approximate surface area is 116 Å². The molecule has 0 aromatic heterocycles. The van der Waals surface area contributed by atoms with Gasteiger partial charge in [0.1, 0.15) is 0 Å². The van der Waals surface area contributed by atoms with E-state index in [-0.39, 0.29) is 11.6 Å². The molecule has 0 aliphatic carbocycles. The van der Waals surface area contributed by atoms with Gasteiger partial charge in [0.05, 0.1) is 29.2 Å². The van der Waals surface area contributed by atoms with E-state index in [2.05, 4.69) is 0 Å². The number of nitrogens with zero attached hydrogens (tertiary/aromatic N) is 2. The highest BCUT2D eigenvalue weighted by Gasteiger charge is 2.41. The topological polar surface area (TPSA) is 83.7 Å². The summed E-state index contributed by atoms with van der Waals surface area (Å²) in [6.45, 7) is 2.48. The number of carbonyl (C=O) groups excluding carboxylic acids is 1. The third kappa shape index (κ3) is 2.85. The van der Waals surface area contributed by atoms with Crippen molar-refractivity contribution < 1.29 is 14.8 Å². The lowest BCUT2D eigenvalue weighted by atomic mass is 9.91. The minimum atomic E-state index is -0.776. The van der Waals surface area contributed by atoms with E-state index in [1.165, 1.54) is 23.1 Å². The van der Waals surface area contributed by atoms with Gasteiger partial charge in [-0.25, -0.2) is 0 Å². The van der Waals surface area contributed by atoms with Crippen LogP contribution >= 0.6 is 0 Å². The molecule has 0 atom stereocenters. The molecule has 1 aliphatic rings. The van der Waals surface area contributed by atoms with Crippen molar-refractivity contribution in [2.75, 3.05) is 13.1 Å². The van der Waals surface area contributed by atoms with Gasteiger partial charge in [-0.1, -0.05) is 19.1 Å². The van der Waals surface area contributed by atoms with Crippen molar-refractivity contribution in [3.8, 4) is 0 Å². The molecule has 1 fully saturated rings. The van der Waals surface area contributed by atoms with Gasteiger partial charge in [-0.05, 0) is 18.6 Å². The zero-order chi connectivity index (χ0) is 14.8. The average Bonchev–Trinajstić information content (AvgIpc) is 2.41. The molecule has 1 aromatic rings. The van der Waals surface area contributed by atoms with E-state index in [1.54, 1.807) is 18.2 Å². The number of nitro groups is 1. The van der Waals surface area contributed by atoms with E-state index in [4.69, 9.17) is 0 Å². The predicted octanol–water partition coefficient (Wildman–Crippen LogP) is 1.59. The number of para-hydroxylation sites is 1. The Balaban J connectivity index is 2.04. The van der Waals surface area contributed by atoms with Crippen molar-refractivity contribution >= 4 is 17.7 Å². The lowest BCUT2D eigenvalue weighted by molar-refractivity contribution is -0.385. The summed E-state index contributed by atoms with van der Waals surface area (Å²) in [5.41, 5.74) is -0.426. The summed E-state index contributed by atoms with van der Waals surface area (Å²) in [6, 6.07) is 6.23. The van der Waals surface area contributed by atoms with Gasteiger partial charge in [0, 0.05) is 12.1 Å². The van der Waals surface area contributed by atoms with Gasteiger partial charge >= 0.3 is 0 Å². The van der Waals surface area contributed by atoms with Gasteiger partial charge in [-0.2, -0.15) is 0 Å². The zero-order valence-corrected chi connectivity index (χ0v) is 11.2. The fourth-order valence-corrected chi connectivity index (χ4v) is 2.10. The number of β-amino-alcohol motifs (C(OH)–C–C–N with tert-alkyl or cyclic N) is 1. The number of likely N-dealkylation sites (tertiary alicyclic amines) is 1. The van der Waals surface area contributed by atoms with Crippen molar-refractivity contribution in [3.63, 3.8) is 0 Å². The molecule has 0 unspecified atom stereocenters. The average molecular weight is 276 g/mol. The van der Waals surface area contributed by atoms with Gasteiger partial charge < -0.3 is 10.0 Å². The standard InChI is InChI=1S/C14H16N2O4/c1-2-14(18)9-15(10-14)13(17)8-7-11-5-3-4-6-12(11)16(19)20/h3-8,18H,2,9-10H2,1H3. The summed E-state index contributed by atoms with van der Waals surface area (Å²) < 4.78 is 0. The van der Waals surface area contributed by atoms with Crippen LogP contribution < -0.4 is 0 Å². The first kappa shape index (κ1) is 14.2. The van der Waals surface area contributed by atoms with Gasteiger partial charge in [-0.3, -0.25) is 14.9 Å². The quantitative estimate of drug-likeness (QED) is 0.514. The molecular weight excluding hydrogens is 260 g/mol. The van der Waals surface area contributed by atoms with E-state index >= 15 is 0 Å². The Kier molecular flexibility index (Phi) is 3.85. The van der Waals surface area contributed by atoms with Crippen molar-refractivity contribution in [2.45, 2.75) is 18.9 Å². The summed E-state index contributed by atoms with van der Waals surface area (Å²) >= 11 is 0. The van der Waals surface area contributed by atoms with E-state index in [1.807, 2.05) is 6.92 Å². The number of aliphatic hydroxyl groups is 1. The Morgan fingerprint density at radius 3 is 2.75 bits per heavy atom. The highest BCUT2D eigenvalue weighted by molar-refractivity contribution is 5.93. The summed E-state index contributed by atoms with van der Waals surface area (Å²) in [5.74, 6) is -0.249. The van der Waals surface area contributed by atoms with Crippen LogP contribution in [-0.4, -0.2) is 39.5 Å². The van der Waals surface area contributed by atoms with E-state index in [9.17, 15) is 20.0 Å². The Morgan fingerprint density at radius 2 is 2.15 bits per heavy atom. The molecule has 0 radical (unpaired) electrons. The van der Waals surface area contributed by atoms with Crippen LogP contribution in [0.2, 0.25) is 0 Å². The number of amides is 1. The maximum absolute atomic E-state index is 11.8. The van der Waals surface area contributed by atoms with Crippen LogP contribution in [0, 0.1) is 10.1 Å². The lowest BCUT2D eigenvalue weighted by Gasteiger charge is -2.45. The first-order valence-corrected chi connectivity index (χ1v) is 6.38. The molecule has 1 N–H and O–H groups in total. The number of carbonyl (C=O) groups is 1. The van der Waals surface area contributed by atoms with Crippen LogP contribution in [0.25, 0.3) is 6.08 Å². The molecule has 0 saturated carbocycles. The van der Waals surface area contributed by atoms with Gasteiger partial charge in [0.15, 0.2) is 0 Å². The summed E-state index contributed by atoms with van der Waals surface area (Å²) in [5, 5.41) is 20.7. The third-order valence-corrected chi connectivity index (χ3v) is 3.48. The molecule has 1 saturated heterocycles. The van der Waals surface area contributed by atoms with Crippen molar-refractivity contribution in [1.29, 1.82) is 0 Å². The van der Waals surface area contributed by atoms with Crippen LogP contribution in [-0.2, 0) is 4.79 Å². The molecule has 2 rings (SSSR count). The predicted molar refractivity (Wildman–Crippen MR) is 74.0 cm³/mol. The number of hydrogen-bond donors (Lipinski definition) is 1. The Bertz CT molecular complexity index is 562. The Morgan fingerprint density at radius 1 is 1.50 bits per heavy atom. The fraction of sp³-hybridized carbons (Fsp3) is 0.357. The molecule has 6 heteroatoms. The van der Waals surface area contributed by atoms with Crippen LogP contribution in [0.1, 0.15) is 18.9 Å². The molecule has 106 valence electrons. The molecule has 0 bridgehead atoms. The number of benzene rings is 1. The highest BCUT2D eigenvalue weighted by Crippen LogP contribution is 2.25. The first-order chi connectivity index (χ1) is 9.45. The monoisotopic (exact) mass is 276 g/mol. The maximum Gasteiger partial charge on any atom is 0.276 e.